The maximum atomic E-state index is 12.9. The number of fused-ring (bicyclic) bond motifs is 1. The Morgan fingerprint density at radius 2 is 1.87 bits per heavy atom. The molecule has 0 unspecified atom stereocenters. The average molecular weight is 509 g/mol. The summed E-state index contributed by atoms with van der Waals surface area (Å²) in [6.45, 7) is 3.53. The predicted molar refractivity (Wildman–Crippen MR) is 124 cm³/mol. The molecule has 1 N–H and O–H groups in total. The van der Waals surface area contributed by atoms with Gasteiger partial charge in [0.1, 0.15) is 18.2 Å². The normalized spacial score (nSPS) is 11.4. The van der Waals surface area contributed by atoms with Crippen molar-refractivity contribution in [2.24, 2.45) is 7.05 Å². The molecule has 0 radical (unpaired) electrons. The minimum atomic E-state index is -0.780. The molecule has 2 aromatic carbocycles. The highest BCUT2D eigenvalue weighted by atomic mass is 79.9. The van der Waals surface area contributed by atoms with Crippen molar-refractivity contribution in [3.63, 3.8) is 0 Å². The molecule has 0 saturated heterocycles. The van der Waals surface area contributed by atoms with Crippen LogP contribution in [0.5, 0.6) is 5.75 Å². The summed E-state index contributed by atoms with van der Waals surface area (Å²) >= 11 is 8.96. The lowest BCUT2D eigenvalue weighted by atomic mass is 10.0. The zero-order valence-electron chi connectivity index (χ0n) is 17.7. The van der Waals surface area contributed by atoms with Crippen molar-refractivity contribution < 1.29 is 19.1 Å². The van der Waals surface area contributed by atoms with E-state index in [0.29, 0.717) is 5.69 Å². The van der Waals surface area contributed by atoms with Crippen LogP contribution < -0.4 is 10.1 Å². The Labute approximate surface area is 193 Å². The number of hydrogen-bond donors (Lipinski definition) is 1. The lowest BCUT2D eigenvalue weighted by molar-refractivity contribution is -0.142. The quantitative estimate of drug-likeness (QED) is 0.380. The maximum absolute atomic E-state index is 12.9. The van der Waals surface area contributed by atoms with Gasteiger partial charge in [0.2, 0.25) is 0 Å². The number of methoxy groups -OCH3 is 1. The molecule has 0 spiro atoms. The first-order chi connectivity index (χ1) is 14.6. The van der Waals surface area contributed by atoms with Crippen molar-refractivity contribution in [3.8, 4) is 16.9 Å². The maximum Gasteiger partial charge on any atom is 0.320 e. The van der Waals surface area contributed by atoms with Crippen LogP contribution in [0.2, 0.25) is 0 Å². The number of rotatable bonds is 7. The Hall–Kier alpha value is -2.58. The number of nitrogens with zero attached hydrogens (tertiary/aromatic N) is 2. The lowest BCUT2D eigenvalue weighted by Crippen LogP contribution is -2.47. The number of nitrogens with one attached hydrogen (secondary N) is 1. The van der Waals surface area contributed by atoms with Gasteiger partial charge in [-0.15, -0.1) is 11.6 Å². The van der Waals surface area contributed by atoms with Crippen molar-refractivity contribution >= 4 is 50.3 Å². The molecule has 0 atom stereocenters. The van der Waals surface area contributed by atoms with Gasteiger partial charge in [0.15, 0.2) is 5.69 Å². The van der Waals surface area contributed by atoms with Gasteiger partial charge < -0.3 is 14.8 Å². The number of alkyl halides is 1. The highest BCUT2D eigenvalue weighted by Gasteiger charge is 2.26. The van der Waals surface area contributed by atoms with E-state index in [0.717, 1.165) is 32.3 Å². The number of aromatic nitrogens is 2. The average Bonchev–Trinajstić information content (AvgIpc) is 3.08. The van der Waals surface area contributed by atoms with Gasteiger partial charge in [-0.3, -0.25) is 14.3 Å². The highest BCUT2D eigenvalue weighted by Crippen LogP contribution is 2.32. The van der Waals surface area contributed by atoms with Crippen molar-refractivity contribution in [3.05, 3.63) is 46.6 Å². The number of ether oxygens (including phenoxy) is 2. The minimum Gasteiger partial charge on any atom is -0.496 e. The van der Waals surface area contributed by atoms with E-state index in [4.69, 9.17) is 21.1 Å². The third kappa shape index (κ3) is 5.19. The molecule has 7 nitrogen and oxygen atoms in total. The molecule has 0 aliphatic carbocycles. The Bertz CT molecular complexity index is 1140. The van der Waals surface area contributed by atoms with Crippen molar-refractivity contribution in [1.82, 2.24) is 15.1 Å². The van der Waals surface area contributed by atoms with Crippen LogP contribution >= 0.6 is 27.5 Å². The molecule has 1 amide bonds. The fraction of sp³-hybridized carbons (Fsp3) is 0.318. The lowest BCUT2D eigenvalue weighted by Gasteiger charge is -2.25. The van der Waals surface area contributed by atoms with Crippen LogP contribution in [-0.4, -0.2) is 46.8 Å². The van der Waals surface area contributed by atoms with E-state index in [2.05, 4.69) is 26.3 Å². The largest absolute Gasteiger partial charge is 0.496 e. The Morgan fingerprint density at radius 1 is 1.19 bits per heavy atom. The minimum absolute atomic E-state index is 0.00551. The first-order valence-corrected chi connectivity index (χ1v) is 10.8. The molecule has 1 aromatic heterocycles. The van der Waals surface area contributed by atoms with E-state index in [1.807, 2.05) is 36.4 Å². The molecule has 9 heteroatoms. The van der Waals surface area contributed by atoms with Crippen molar-refractivity contribution in [1.29, 1.82) is 0 Å². The fourth-order valence-electron chi connectivity index (χ4n) is 3.15. The van der Waals surface area contributed by atoms with Gasteiger partial charge in [-0.25, -0.2) is 0 Å². The van der Waals surface area contributed by atoms with Gasteiger partial charge in [-0.2, -0.15) is 5.10 Å². The smallest absolute Gasteiger partial charge is 0.320 e. The van der Waals surface area contributed by atoms with E-state index in [-0.39, 0.29) is 18.4 Å². The van der Waals surface area contributed by atoms with Crippen LogP contribution in [0.4, 0.5) is 0 Å². The second-order valence-corrected chi connectivity index (χ2v) is 8.81. The summed E-state index contributed by atoms with van der Waals surface area (Å²) < 4.78 is 12.9. The number of carbonyl (C=O) groups excluding carboxylic acids is 2. The predicted octanol–water partition coefficient (Wildman–Crippen LogP) is 4.30. The topological polar surface area (TPSA) is 82.4 Å². The highest BCUT2D eigenvalue weighted by molar-refractivity contribution is 9.10. The van der Waals surface area contributed by atoms with Gasteiger partial charge >= 0.3 is 5.97 Å². The Morgan fingerprint density at radius 3 is 2.52 bits per heavy atom. The van der Waals surface area contributed by atoms with Crippen LogP contribution in [0.25, 0.3) is 22.0 Å². The van der Waals surface area contributed by atoms with Crippen LogP contribution in [0.3, 0.4) is 0 Å². The number of aryl methyl sites for hydroxylation is 1. The van der Waals surface area contributed by atoms with Gasteiger partial charge in [0, 0.05) is 12.4 Å². The monoisotopic (exact) mass is 507 g/mol. The van der Waals surface area contributed by atoms with Gasteiger partial charge in [0.25, 0.3) is 5.91 Å². The third-order valence-corrected chi connectivity index (χ3v) is 5.54. The molecule has 0 bridgehead atoms. The summed E-state index contributed by atoms with van der Waals surface area (Å²) in [5.41, 5.74) is 2.33. The van der Waals surface area contributed by atoms with E-state index in [1.54, 1.807) is 32.7 Å². The zero-order chi connectivity index (χ0) is 22.8. The van der Waals surface area contributed by atoms with E-state index >= 15 is 0 Å². The molecular formula is C22H23BrClN3O4. The third-order valence-electron chi connectivity index (χ3n) is 4.71. The molecule has 0 saturated carbocycles. The Kier molecular flexibility index (Phi) is 6.91. The number of carbonyl (C=O) groups is 2. The molecule has 3 rings (SSSR count). The summed E-state index contributed by atoms with van der Waals surface area (Å²) in [6, 6.07) is 11.7. The number of hydrogen-bond acceptors (Lipinski definition) is 5. The first-order valence-electron chi connectivity index (χ1n) is 9.50. The second-order valence-electron chi connectivity index (χ2n) is 7.69. The van der Waals surface area contributed by atoms with Gasteiger partial charge in [0.05, 0.1) is 22.6 Å². The SMILES string of the molecule is COc1ccc(-c2ccc3c(C(=O)NC(C)(C)COC(=O)CCl)nn(C)c3c2)cc1Br. The molecule has 1 heterocycles. The first kappa shape index (κ1) is 23.1. The molecule has 31 heavy (non-hydrogen) atoms. The van der Waals surface area contributed by atoms with Crippen molar-refractivity contribution in [2.75, 3.05) is 19.6 Å². The number of amides is 1. The van der Waals surface area contributed by atoms with E-state index in [1.165, 1.54) is 0 Å². The molecule has 0 aliphatic heterocycles. The summed E-state index contributed by atoms with van der Waals surface area (Å²) in [6.07, 6.45) is 0. The summed E-state index contributed by atoms with van der Waals surface area (Å²) in [4.78, 5) is 24.2. The van der Waals surface area contributed by atoms with E-state index < -0.39 is 11.5 Å². The molecule has 3 aromatic rings. The summed E-state index contributed by atoms with van der Waals surface area (Å²) in [7, 11) is 3.41. The Balaban J connectivity index is 1.87. The number of benzene rings is 2. The molecule has 0 fully saturated rings. The standard InChI is InChI=1S/C22H23BrClN3O4/c1-22(2,12-31-19(28)11-24)25-21(29)20-15-7-5-14(10-17(15)27(3)26-20)13-6-8-18(30-4)16(23)9-13/h5-10H,11-12H2,1-4H3,(H,25,29). The van der Waals surface area contributed by atoms with E-state index in [9.17, 15) is 9.59 Å². The summed E-state index contributed by atoms with van der Waals surface area (Å²) in [5, 5.41) is 8.01. The zero-order valence-corrected chi connectivity index (χ0v) is 20.0. The van der Waals surface area contributed by atoms with Gasteiger partial charge in [-0.1, -0.05) is 12.1 Å². The van der Waals surface area contributed by atoms with Crippen LogP contribution in [0.1, 0.15) is 24.3 Å². The number of halogens is 2. The van der Waals surface area contributed by atoms with Crippen LogP contribution in [0, 0.1) is 0 Å². The molecular weight excluding hydrogens is 486 g/mol. The van der Waals surface area contributed by atoms with Gasteiger partial charge in [-0.05, 0) is 65.2 Å². The van der Waals surface area contributed by atoms with Crippen molar-refractivity contribution in [2.45, 2.75) is 19.4 Å². The molecule has 164 valence electrons. The number of esters is 1. The van der Waals surface area contributed by atoms with Crippen LogP contribution in [0.15, 0.2) is 40.9 Å². The molecule has 0 aliphatic rings. The van der Waals surface area contributed by atoms with Crippen LogP contribution in [-0.2, 0) is 16.6 Å². The summed E-state index contributed by atoms with van der Waals surface area (Å²) in [5.74, 6) is -0.367. The second kappa shape index (κ2) is 9.28. The fourth-order valence-corrected chi connectivity index (χ4v) is 3.77.